The van der Waals surface area contributed by atoms with Crippen LogP contribution in [0.25, 0.3) is 0 Å². The topological polar surface area (TPSA) is 18.5 Å². The van der Waals surface area contributed by atoms with Crippen LogP contribution < -0.4 is 5.46 Å². The Kier molecular flexibility index (Phi) is 5.75. The van der Waals surface area contributed by atoms with E-state index in [-0.39, 0.29) is 18.3 Å². The van der Waals surface area contributed by atoms with Crippen LogP contribution in [0.3, 0.4) is 0 Å². The summed E-state index contributed by atoms with van der Waals surface area (Å²) < 4.78 is 12.2. The van der Waals surface area contributed by atoms with Gasteiger partial charge < -0.3 is 9.31 Å². The highest BCUT2D eigenvalue weighted by atomic mass is 16.7. The zero-order valence-electron chi connectivity index (χ0n) is 15.4. The smallest absolute Gasteiger partial charge is 0.399 e. The largest absolute Gasteiger partial charge is 0.494 e. The molecular formula is C20H31BO2. The standard InChI is InChI=1S/C20H31BO2/c1-7-9-16(8-2)10-11-17-12-14-18(15-13-17)21-22-19(3,4)20(5,6)23-21/h7,12-16H,1,8-11H2,2-6H3. The van der Waals surface area contributed by atoms with Gasteiger partial charge >= 0.3 is 7.12 Å². The molecule has 0 bridgehead atoms. The van der Waals surface area contributed by atoms with Crippen LogP contribution >= 0.6 is 0 Å². The van der Waals surface area contributed by atoms with Gasteiger partial charge in [-0.15, -0.1) is 6.58 Å². The number of hydrogen-bond donors (Lipinski definition) is 0. The first-order valence-corrected chi connectivity index (χ1v) is 8.84. The Morgan fingerprint density at radius 2 is 1.65 bits per heavy atom. The second-order valence-electron chi connectivity index (χ2n) is 7.67. The van der Waals surface area contributed by atoms with E-state index in [0.29, 0.717) is 0 Å². The van der Waals surface area contributed by atoms with Crippen LogP contribution in [-0.2, 0) is 15.7 Å². The maximum atomic E-state index is 6.10. The van der Waals surface area contributed by atoms with Crippen molar-refractivity contribution in [3.63, 3.8) is 0 Å². The molecule has 0 saturated carbocycles. The van der Waals surface area contributed by atoms with Crippen LogP contribution in [0.4, 0.5) is 0 Å². The molecule has 1 saturated heterocycles. The molecule has 23 heavy (non-hydrogen) atoms. The van der Waals surface area contributed by atoms with E-state index in [4.69, 9.17) is 9.31 Å². The SMILES string of the molecule is C=CCC(CC)CCc1ccc(B2OC(C)(C)C(C)(C)O2)cc1. The monoisotopic (exact) mass is 314 g/mol. The maximum Gasteiger partial charge on any atom is 0.494 e. The van der Waals surface area contributed by atoms with Gasteiger partial charge in [0.25, 0.3) is 0 Å². The highest BCUT2D eigenvalue weighted by Crippen LogP contribution is 2.36. The lowest BCUT2D eigenvalue weighted by molar-refractivity contribution is 0.00578. The summed E-state index contributed by atoms with van der Waals surface area (Å²) in [7, 11) is -0.266. The fourth-order valence-electron chi connectivity index (χ4n) is 2.92. The molecule has 0 amide bonds. The van der Waals surface area contributed by atoms with Crippen molar-refractivity contribution in [3.05, 3.63) is 42.5 Å². The molecule has 2 rings (SSSR count). The van der Waals surface area contributed by atoms with Crippen molar-refractivity contribution in [3.8, 4) is 0 Å². The summed E-state index contributed by atoms with van der Waals surface area (Å²) >= 11 is 0. The van der Waals surface area contributed by atoms with Crippen LogP contribution in [0.15, 0.2) is 36.9 Å². The quantitative estimate of drug-likeness (QED) is 0.544. The van der Waals surface area contributed by atoms with Crippen molar-refractivity contribution in [1.29, 1.82) is 0 Å². The van der Waals surface area contributed by atoms with Gasteiger partial charge in [0, 0.05) is 0 Å². The van der Waals surface area contributed by atoms with Crippen molar-refractivity contribution in [1.82, 2.24) is 0 Å². The van der Waals surface area contributed by atoms with E-state index >= 15 is 0 Å². The minimum Gasteiger partial charge on any atom is -0.399 e. The number of benzene rings is 1. The third kappa shape index (κ3) is 4.27. The Morgan fingerprint density at radius 1 is 1.09 bits per heavy atom. The highest BCUT2D eigenvalue weighted by Gasteiger charge is 2.51. The first kappa shape index (κ1) is 18.3. The lowest BCUT2D eigenvalue weighted by Gasteiger charge is -2.32. The summed E-state index contributed by atoms with van der Waals surface area (Å²) in [6.07, 6.45) is 6.71. The van der Waals surface area contributed by atoms with Crippen molar-refractivity contribution < 1.29 is 9.31 Å². The van der Waals surface area contributed by atoms with E-state index in [1.165, 1.54) is 18.4 Å². The summed E-state index contributed by atoms with van der Waals surface area (Å²) in [6.45, 7) is 14.5. The molecule has 1 aliphatic heterocycles. The van der Waals surface area contributed by atoms with Gasteiger partial charge in [0.15, 0.2) is 0 Å². The Labute approximate surface area is 142 Å². The van der Waals surface area contributed by atoms with E-state index in [2.05, 4.69) is 65.5 Å². The first-order valence-electron chi connectivity index (χ1n) is 8.84. The third-order valence-corrected chi connectivity index (χ3v) is 5.42. The molecule has 2 nitrogen and oxygen atoms in total. The Balaban J connectivity index is 1.96. The zero-order chi connectivity index (χ0) is 17.1. The number of allylic oxidation sites excluding steroid dienone is 1. The molecule has 1 heterocycles. The van der Waals surface area contributed by atoms with Gasteiger partial charge in [-0.05, 0) is 63.9 Å². The molecule has 1 fully saturated rings. The number of aryl methyl sites for hydroxylation is 1. The fraction of sp³-hybridized carbons (Fsp3) is 0.600. The van der Waals surface area contributed by atoms with Crippen molar-refractivity contribution in [2.45, 2.75) is 71.5 Å². The minimum absolute atomic E-state index is 0.266. The van der Waals surface area contributed by atoms with Gasteiger partial charge in [0.2, 0.25) is 0 Å². The van der Waals surface area contributed by atoms with Crippen LogP contribution in [0.5, 0.6) is 0 Å². The maximum absolute atomic E-state index is 6.10. The Morgan fingerprint density at radius 3 is 2.13 bits per heavy atom. The number of rotatable bonds is 7. The Hall–Kier alpha value is -1.06. The van der Waals surface area contributed by atoms with E-state index < -0.39 is 0 Å². The molecule has 1 aromatic carbocycles. The lowest BCUT2D eigenvalue weighted by atomic mass is 9.78. The van der Waals surface area contributed by atoms with Gasteiger partial charge in [-0.1, -0.05) is 43.7 Å². The zero-order valence-corrected chi connectivity index (χ0v) is 15.4. The molecule has 1 aliphatic rings. The van der Waals surface area contributed by atoms with Crippen molar-refractivity contribution in [2.75, 3.05) is 0 Å². The molecule has 1 aromatic rings. The van der Waals surface area contributed by atoms with Crippen molar-refractivity contribution in [2.24, 2.45) is 5.92 Å². The summed E-state index contributed by atoms with van der Waals surface area (Å²) in [6, 6.07) is 8.71. The molecule has 3 heteroatoms. The third-order valence-electron chi connectivity index (χ3n) is 5.42. The summed E-state index contributed by atoms with van der Waals surface area (Å²) in [4.78, 5) is 0. The molecule has 0 N–H and O–H groups in total. The second kappa shape index (κ2) is 7.23. The van der Waals surface area contributed by atoms with Crippen LogP contribution in [0.2, 0.25) is 0 Å². The summed E-state index contributed by atoms with van der Waals surface area (Å²) in [5.41, 5.74) is 1.92. The summed E-state index contributed by atoms with van der Waals surface area (Å²) in [5.74, 6) is 0.746. The minimum atomic E-state index is -0.282. The normalized spacial score (nSPS) is 20.5. The average molecular weight is 314 g/mol. The Bertz CT molecular complexity index is 503. The average Bonchev–Trinajstić information content (AvgIpc) is 2.72. The first-order chi connectivity index (χ1) is 10.8. The van der Waals surface area contributed by atoms with Crippen LogP contribution in [0, 0.1) is 5.92 Å². The molecular weight excluding hydrogens is 283 g/mol. The van der Waals surface area contributed by atoms with Gasteiger partial charge in [0.05, 0.1) is 11.2 Å². The number of hydrogen-bond acceptors (Lipinski definition) is 2. The van der Waals surface area contributed by atoms with Gasteiger partial charge in [-0.2, -0.15) is 0 Å². The van der Waals surface area contributed by atoms with Crippen molar-refractivity contribution >= 4 is 12.6 Å². The molecule has 0 spiro atoms. The van der Waals surface area contributed by atoms with Gasteiger partial charge in [-0.25, -0.2) is 0 Å². The molecule has 0 aliphatic carbocycles. The van der Waals surface area contributed by atoms with Crippen LogP contribution in [0.1, 0.15) is 59.4 Å². The molecule has 126 valence electrons. The predicted molar refractivity (Wildman–Crippen MR) is 99.1 cm³/mol. The second-order valence-corrected chi connectivity index (χ2v) is 7.67. The van der Waals surface area contributed by atoms with E-state index in [1.807, 2.05) is 6.08 Å². The predicted octanol–water partition coefficient (Wildman–Crippen LogP) is 4.52. The lowest BCUT2D eigenvalue weighted by Crippen LogP contribution is -2.41. The van der Waals surface area contributed by atoms with Crippen LogP contribution in [-0.4, -0.2) is 18.3 Å². The molecule has 1 atom stereocenters. The van der Waals surface area contributed by atoms with E-state index in [9.17, 15) is 0 Å². The highest BCUT2D eigenvalue weighted by molar-refractivity contribution is 6.62. The molecule has 0 aromatic heterocycles. The summed E-state index contributed by atoms with van der Waals surface area (Å²) in [5, 5.41) is 0. The van der Waals surface area contributed by atoms with E-state index in [1.54, 1.807) is 0 Å². The van der Waals surface area contributed by atoms with Gasteiger partial charge in [-0.3, -0.25) is 0 Å². The molecule has 0 radical (unpaired) electrons. The fourth-order valence-corrected chi connectivity index (χ4v) is 2.92. The molecule has 1 unspecified atom stereocenters. The van der Waals surface area contributed by atoms with E-state index in [0.717, 1.165) is 24.2 Å². The van der Waals surface area contributed by atoms with Gasteiger partial charge in [0.1, 0.15) is 0 Å².